The van der Waals surface area contributed by atoms with Crippen LogP contribution in [0.4, 0.5) is 17.1 Å². The third-order valence-corrected chi connectivity index (χ3v) is 11.8. The van der Waals surface area contributed by atoms with E-state index >= 15 is 0 Å². The second-order valence-corrected chi connectivity index (χ2v) is 15.0. The highest BCUT2D eigenvalue weighted by Crippen LogP contribution is 2.57. The smallest absolute Gasteiger partial charge is 0.0674 e. The van der Waals surface area contributed by atoms with Gasteiger partial charge in [-0.2, -0.15) is 0 Å². The number of anilines is 3. The van der Waals surface area contributed by atoms with E-state index in [1.165, 1.54) is 72.0 Å². The number of para-hydroxylation sites is 3. The van der Waals surface area contributed by atoms with Crippen molar-refractivity contribution in [1.82, 2.24) is 4.57 Å². The lowest BCUT2D eigenvalue weighted by Crippen LogP contribution is -2.28. The number of nitrogens with zero attached hydrogens (tertiary/aromatic N) is 2. The van der Waals surface area contributed by atoms with E-state index in [9.17, 15) is 0 Å². The summed E-state index contributed by atoms with van der Waals surface area (Å²) in [6.45, 7) is 6.19. The van der Waals surface area contributed by atoms with Crippen molar-refractivity contribution in [3.05, 3.63) is 253 Å². The lowest BCUT2D eigenvalue weighted by Gasteiger charge is -2.35. The molecule has 2 nitrogen and oxygen atoms in total. The van der Waals surface area contributed by atoms with Crippen LogP contribution in [0.15, 0.2) is 237 Å². The minimum atomic E-state index is -0.483. The topological polar surface area (TPSA) is 8.17 Å². The Kier molecular flexibility index (Phi) is 8.81. The second kappa shape index (κ2) is 14.6. The molecule has 0 radical (unpaired) electrons. The van der Waals surface area contributed by atoms with Crippen molar-refractivity contribution in [1.29, 1.82) is 0 Å². The van der Waals surface area contributed by atoms with Gasteiger partial charge in [-0.1, -0.05) is 170 Å². The normalized spacial score (nSPS) is 14.8. The molecule has 10 rings (SSSR count). The first-order valence-electron chi connectivity index (χ1n) is 20.0. The van der Waals surface area contributed by atoms with Gasteiger partial charge < -0.3 is 9.47 Å². The van der Waals surface area contributed by atoms with Crippen LogP contribution in [0.1, 0.15) is 23.6 Å². The fraction of sp³-hybridized carbons (Fsp3) is 0.0357. The van der Waals surface area contributed by atoms with Crippen molar-refractivity contribution in [2.75, 3.05) is 4.90 Å². The molecule has 1 heterocycles. The Balaban J connectivity index is 1.11. The van der Waals surface area contributed by atoms with Crippen LogP contribution >= 0.6 is 0 Å². The summed E-state index contributed by atoms with van der Waals surface area (Å²) in [7, 11) is 0. The molecule has 1 aliphatic rings. The fourth-order valence-electron chi connectivity index (χ4n) is 9.30. The molecule has 0 saturated heterocycles. The minimum absolute atomic E-state index is 0.483. The highest BCUT2D eigenvalue weighted by atomic mass is 15.1. The molecule has 0 amide bonds. The molecule has 1 unspecified atom stereocenters. The van der Waals surface area contributed by atoms with E-state index in [1.54, 1.807) is 0 Å². The predicted octanol–water partition coefficient (Wildman–Crippen LogP) is 14.9. The van der Waals surface area contributed by atoms with Gasteiger partial charge in [0.15, 0.2) is 0 Å². The van der Waals surface area contributed by atoms with Crippen LogP contribution in [0.5, 0.6) is 0 Å². The third-order valence-electron chi connectivity index (χ3n) is 11.8. The first kappa shape index (κ1) is 35.0. The molecule has 0 N–H and O–H groups in total. The number of rotatable bonds is 9. The molecule has 2 heteroatoms. The van der Waals surface area contributed by atoms with Crippen LogP contribution in [0.25, 0.3) is 49.7 Å². The highest BCUT2D eigenvalue weighted by Gasteiger charge is 2.46. The van der Waals surface area contributed by atoms with Crippen molar-refractivity contribution in [2.24, 2.45) is 0 Å². The maximum Gasteiger partial charge on any atom is 0.0674 e. The summed E-state index contributed by atoms with van der Waals surface area (Å²) in [5, 5.41) is 2.50. The SMILES string of the molecule is C=C/C=C\C=C(/C)C1(c2ccccc2)c2ccccc2-c2ccc(N(c3ccccc3)c3ccc(-c4ccc5c(c4)c4ccccc4n5-c4ccccc4)cc3)cc21. The average molecular weight is 743 g/mol. The predicted molar refractivity (Wildman–Crippen MR) is 246 cm³/mol. The Morgan fingerprint density at radius 2 is 1.10 bits per heavy atom. The van der Waals surface area contributed by atoms with Crippen molar-refractivity contribution in [2.45, 2.75) is 12.3 Å². The van der Waals surface area contributed by atoms with E-state index in [0.29, 0.717) is 0 Å². The lowest BCUT2D eigenvalue weighted by molar-refractivity contribution is 0.746. The monoisotopic (exact) mass is 742 g/mol. The van der Waals surface area contributed by atoms with Crippen LogP contribution in [0.2, 0.25) is 0 Å². The summed E-state index contributed by atoms with van der Waals surface area (Å²) in [5.41, 5.74) is 16.4. The molecule has 1 atom stereocenters. The molecule has 0 aliphatic heterocycles. The number of allylic oxidation sites excluding steroid dienone is 5. The average Bonchev–Trinajstić information content (AvgIpc) is 3.78. The van der Waals surface area contributed by atoms with E-state index in [-0.39, 0.29) is 0 Å². The zero-order valence-electron chi connectivity index (χ0n) is 32.5. The van der Waals surface area contributed by atoms with E-state index < -0.39 is 5.41 Å². The first-order valence-corrected chi connectivity index (χ1v) is 20.0. The van der Waals surface area contributed by atoms with Crippen molar-refractivity contribution < 1.29 is 0 Å². The quantitative estimate of drug-likeness (QED) is 0.134. The van der Waals surface area contributed by atoms with Gasteiger partial charge in [0.25, 0.3) is 0 Å². The molecule has 0 saturated carbocycles. The Labute approximate surface area is 340 Å². The van der Waals surface area contributed by atoms with Gasteiger partial charge in [-0.15, -0.1) is 0 Å². The largest absolute Gasteiger partial charge is 0.310 e. The Bertz CT molecular complexity index is 3010. The fourth-order valence-corrected chi connectivity index (χ4v) is 9.30. The molecular weight excluding hydrogens is 701 g/mol. The summed E-state index contributed by atoms with van der Waals surface area (Å²) in [6.07, 6.45) is 8.19. The molecule has 9 aromatic rings. The zero-order valence-corrected chi connectivity index (χ0v) is 32.5. The summed E-state index contributed by atoms with van der Waals surface area (Å²) < 4.78 is 2.37. The molecule has 0 spiro atoms. The molecule has 0 fully saturated rings. The van der Waals surface area contributed by atoms with Crippen LogP contribution in [-0.2, 0) is 5.41 Å². The van der Waals surface area contributed by atoms with Gasteiger partial charge in [0.05, 0.1) is 16.4 Å². The van der Waals surface area contributed by atoms with Gasteiger partial charge in [-0.05, 0) is 113 Å². The van der Waals surface area contributed by atoms with Crippen molar-refractivity contribution in [3.8, 4) is 27.9 Å². The molecular formula is C56H42N2. The van der Waals surface area contributed by atoms with Crippen molar-refractivity contribution >= 4 is 38.9 Å². The molecule has 8 aromatic carbocycles. The summed E-state index contributed by atoms with van der Waals surface area (Å²) in [6, 6.07) is 72.9. The van der Waals surface area contributed by atoms with Gasteiger partial charge in [-0.3, -0.25) is 0 Å². The molecule has 58 heavy (non-hydrogen) atoms. The number of aromatic nitrogens is 1. The Hall–Kier alpha value is -7.42. The van der Waals surface area contributed by atoms with E-state index in [4.69, 9.17) is 0 Å². The minimum Gasteiger partial charge on any atom is -0.310 e. The summed E-state index contributed by atoms with van der Waals surface area (Å²) in [4.78, 5) is 2.39. The standard InChI is InChI=1S/C56H42N2/c1-3-4-8-19-40(2)56(43-20-9-5-10-21-43)52-28-17-15-26-48(52)49-36-35-47(39-53(49)56)57(44-22-11-6-12-23-44)46-33-30-41(31-34-46)42-32-37-55-51(38-42)50-27-16-18-29-54(50)58(55)45-24-13-7-14-25-45/h3-39H,1H2,2H3/b8-4-,40-19+. The van der Waals surface area contributed by atoms with Crippen LogP contribution in [0, 0.1) is 0 Å². The number of hydrogen-bond donors (Lipinski definition) is 0. The molecule has 1 aliphatic carbocycles. The number of fused-ring (bicyclic) bond motifs is 6. The van der Waals surface area contributed by atoms with Gasteiger partial charge in [0.1, 0.15) is 0 Å². The first-order chi connectivity index (χ1) is 28.7. The van der Waals surface area contributed by atoms with Crippen LogP contribution in [0.3, 0.4) is 0 Å². The highest BCUT2D eigenvalue weighted by molar-refractivity contribution is 6.10. The Morgan fingerprint density at radius 1 is 0.500 bits per heavy atom. The van der Waals surface area contributed by atoms with Gasteiger partial charge >= 0.3 is 0 Å². The lowest BCUT2D eigenvalue weighted by atomic mass is 9.67. The van der Waals surface area contributed by atoms with Gasteiger partial charge in [0, 0.05) is 33.5 Å². The third kappa shape index (κ3) is 5.64. The molecule has 1 aromatic heterocycles. The van der Waals surface area contributed by atoms with E-state index in [0.717, 1.165) is 17.1 Å². The van der Waals surface area contributed by atoms with Crippen LogP contribution in [-0.4, -0.2) is 4.57 Å². The number of benzene rings is 8. The van der Waals surface area contributed by atoms with Gasteiger partial charge in [0.2, 0.25) is 0 Å². The summed E-state index contributed by atoms with van der Waals surface area (Å²) >= 11 is 0. The van der Waals surface area contributed by atoms with Crippen molar-refractivity contribution in [3.63, 3.8) is 0 Å². The number of hydrogen-bond acceptors (Lipinski definition) is 1. The maximum atomic E-state index is 3.93. The Morgan fingerprint density at radius 3 is 1.88 bits per heavy atom. The molecule has 276 valence electrons. The maximum absolute atomic E-state index is 3.93. The van der Waals surface area contributed by atoms with E-state index in [1.807, 2.05) is 12.2 Å². The van der Waals surface area contributed by atoms with Crippen LogP contribution < -0.4 is 4.90 Å². The second-order valence-electron chi connectivity index (χ2n) is 15.0. The summed E-state index contributed by atoms with van der Waals surface area (Å²) in [5.74, 6) is 0. The van der Waals surface area contributed by atoms with E-state index in [2.05, 4.69) is 235 Å². The molecule has 0 bridgehead atoms. The zero-order chi connectivity index (χ0) is 39.1. The van der Waals surface area contributed by atoms with Gasteiger partial charge in [-0.25, -0.2) is 0 Å².